The van der Waals surface area contributed by atoms with Crippen LogP contribution in [0.15, 0.2) is 34.1 Å². The van der Waals surface area contributed by atoms with E-state index < -0.39 is 0 Å². The van der Waals surface area contributed by atoms with Gasteiger partial charge in [0.25, 0.3) is 5.56 Å². The van der Waals surface area contributed by atoms with Gasteiger partial charge in [0, 0.05) is 45.5 Å². The molecule has 1 aliphatic rings. The number of hydrogen-bond acceptors (Lipinski definition) is 6. The predicted molar refractivity (Wildman–Crippen MR) is 101 cm³/mol. The summed E-state index contributed by atoms with van der Waals surface area (Å²) in [5.41, 5.74) is 1.51. The summed E-state index contributed by atoms with van der Waals surface area (Å²) in [5.74, 6) is 0. The van der Waals surface area contributed by atoms with E-state index in [2.05, 4.69) is 32.0 Å². The number of pyridine rings is 1. The topological polar surface area (TPSA) is 76.3 Å². The first-order valence-corrected chi connectivity index (χ1v) is 9.08. The van der Waals surface area contributed by atoms with E-state index >= 15 is 0 Å². The highest BCUT2D eigenvalue weighted by Crippen LogP contribution is 2.15. The average Bonchev–Trinajstić information content (AvgIpc) is 2.66. The van der Waals surface area contributed by atoms with E-state index in [1.54, 1.807) is 0 Å². The van der Waals surface area contributed by atoms with Crippen LogP contribution in [-0.4, -0.2) is 57.0 Å². The molecule has 2 aromatic heterocycles. The highest BCUT2D eigenvalue weighted by atomic mass is 16.2. The highest BCUT2D eigenvalue weighted by molar-refractivity contribution is 5.44. The van der Waals surface area contributed by atoms with Crippen LogP contribution >= 0.6 is 0 Å². The molecule has 1 fully saturated rings. The molecule has 8 nitrogen and oxygen atoms in total. The van der Waals surface area contributed by atoms with Gasteiger partial charge < -0.3 is 4.90 Å². The number of hydrogen-bond donors (Lipinski definition) is 0. The zero-order valence-corrected chi connectivity index (χ0v) is 15.5. The molecule has 0 saturated carbocycles. The summed E-state index contributed by atoms with van der Waals surface area (Å²) in [6, 6.07) is 4.19. The Kier molecular flexibility index (Phi) is 5.82. The maximum Gasteiger partial charge on any atom is 0.347 e. The second-order valence-electron chi connectivity index (χ2n) is 6.74. The van der Waals surface area contributed by atoms with Crippen molar-refractivity contribution in [3.05, 3.63) is 51.1 Å². The van der Waals surface area contributed by atoms with Gasteiger partial charge in [0.2, 0.25) is 0 Å². The fourth-order valence-corrected chi connectivity index (χ4v) is 3.15. The number of anilines is 1. The molecule has 3 rings (SSSR count). The molecule has 0 radical (unpaired) electrons. The van der Waals surface area contributed by atoms with E-state index in [0.717, 1.165) is 55.8 Å². The first kappa shape index (κ1) is 18.3. The minimum absolute atomic E-state index is 0.349. The molecule has 1 saturated heterocycles. The van der Waals surface area contributed by atoms with Gasteiger partial charge in [-0.3, -0.25) is 19.2 Å². The standard InChI is InChI=1S/C18H26N6O2/c1-15-5-6-16(13-19-15)23-11-9-22(10-12-23)7-3-4-8-24-18(26)21(2)17(25)14-20-24/h5-6,13-14H,3-4,7-12H2,1-2H3. The van der Waals surface area contributed by atoms with Crippen molar-refractivity contribution >= 4 is 5.69 Å². The van der Waals surface area contributed by atoms with E-state index in [-0.39, 0.29) is 11.2 Å². The Bertz CT molecular complexity index is 834. The molecular weight excluding hydrogens is 332 g/mol. The molecular formula is C18H26N6O2. The van der Waals surface area contributed by atoms with Gasteiger partial charge in [0.05, 0.1) is 11.9 Å². The number of aryl methyl sites for hydroxylation is 2. The number of piperazine rings is 1. The lowest BCUT2D eigenvalue weighted by molar-refractivity contribution is 0.250. The van der Waals surface area contributed by atoms with Crippen molar-refractivity contribution < 1.29 is 0 Å². The van der Waals surface area contributed by atoms with Crippen molar-refractivity contribution in [2.24, 2.45) is 7.05 Å². The lowest BCUT2D eigenvalue weighted by Gasteiger charge is -2.36. The molecule has 0 atom stereocenters. The fourth-order valence-electron chi connectivity index (χ4n) is 3.15. The Balaban J connectivity index is 1.40. The molecule has 8 heteroatoms. The summed E-state index contributed by atoms with van der Waals surface area (Å²) in [6.07, 6.45) is 5.01. The van der Waals surface area contributed by atoms with E-state index in [0.29, 0.717) is 6.54 Å². The average molecular weight is 358 g/mol. The van der Waals surface area contributed by atoms with Crippen LogP contribution in [0.1, 0.15) is 18.5 Å². The number of nitrogens with zero attached hydrogens (tertiary/aromatic N) is 6. The molecule has 0 aromatic carbocycles. The predicted octanol–water partition coefficient (Wildman–Crippen LogP) is 0.248. The lowest BCUT2D eigenvalue weighted by Crippen LogP contribution is -2.46. The van der Waals surface area contributed by atoms with Crippen molar-refractivity contribution in [2.45, 2.75) is 26.3 Å². The first-order valence-electron chi connectivity index (χ1n) is 9.08. The van der Waals surface area contributed by atoms with Crippen molar-refractivity contribution in [1.29, 1.82) is 0 Å². The van der Waals surface area contributed by atoms with Crippen LogP contribution in [0.5, 0.6) is 0 Å². The van der Waals surface area contributed by atoms with Crippen molar-refractivity contribution in [1.82, 2.24) is 24.2 Å². The largest absolute Gasteiger partial charge is 0.368 e. The summed E-state index contributed by atoms with van der Waals surface area (Å²) >= 11 is 0. The van der Waals surface area contributed by atoms with Gasteiger partial charge in [-0.05, 0) is 38.4 Å². The maximum atomic E-state index is 11.9. The van der Waals surface area contributed by atoms with Crippen molar-refractivity contribution in [2.75, 3.05) is 37.6 Å². The van der Waals surface area contributed by atoms with Gasteiger partial charge in [-0.25, -0.2) is 9.48 Å². The molecule has 0 amide bonds. The SMILES string of the molecule is Cc1ccc(N2CCN(CCCCn3ncc(=O)n(C)c3=O)CC2)cn1. The van der Waals surface area contributed by atoms with Crippen LogP contribution in [0.25, 0.3) is 0 Å². The summed E-state index contributed by atoms with van der Waals surface area (Å²) < 4.78 is 2.45. The molecule has 0 spiro atoms. The van der Waals surface area contributed by atoms with E-state index in [4.69, 9.17) is 0 Å². The van der Waals surface area contributed by atoms with Crippen LogP contribution in [-0.2, 0) is 13.6 Å². The van der Waals surface area contributed by atoms with E-state index in [9.17, 15) is 9.59 Å². The Morgan fingerprint density at radius 3 is 2.42 bits per heavy atom. The Morgan fingerprint density at radius 1 is 1.00 bits per heavy atom. The lowest BCUT2D eigenvalue weighted by atomic mass is 10.2. The molecule has 0 N–H and O–H groups in total. The zero-order valence-electron chi connectivity index (χ0n) is 15.5. The third-order valence-corrected chi connectivity index (χ3v) is 4.87. The van der Waals surface area contributed by atoms with Gasteiger partial charge in [-0.1, -0.05) is 0 Å². The van der Waals surface area contributed by atoms with Crippen molar-refractivity contribution in [3.63, 3.8) is 0 Å². The molecule has 1 aliphatic heterocycles. The second kappa shape index (κ2) is 8.27. The Labute approximate surface area is 152 Å². The van der Waals surface area contributed by atoms with Gasteiger partial charge in [-0.15, -0.1) is 0 Å². The number of rotatable bonds is 6. The van der Waals surface area contributed by atoms with E-state index in [1.165, 1.54) is 23.6 Å². The molecule has 3 heterocycles. The molecule has 2 aromatic rings. The van der Waals surface area contributed by atoms with Crippen LogP contribution in [0.4, 0.5) is 5.69 Å². The normalized spacial score (nSPS) is 15.4. The number of aromatic nitrogens is 4. The van der Waals surface area contributed by atoms with Crippen molar-refractivity contribution in [3.8, 4) is 0 Å². The maximum absolute atomic E-state index is 11.9. The first-order chi connectivity index (χ1) is 12.5. The van der Waals surface area contributed by atoms with E-state index in [1.807, 2.05) is 13.1 Å². The van der Waals surface area contributed by atoms with Crippen LogP contribution < -0.4 is 16.1 Å². The van der Waals surface area contributed by atoms with Gasteiger partial charge in [0.15, 0.2) is 0 Å². The number of unbranched alkanes of at least 4 members (excludes halogenated alkanes) is 1. The van der Waals surface area contributed by atoms with Gasteiger partial charge in [0.1, 0.15) is 6.20 Å². The van der Waals surface area contributed by atoms with Crippen LogP contribution in [0.3, 0.4) is 0 Å². The second-order valence-corrected chi connectivity index (χ2v) is 6.74. The van der Waals surface area contributed by atoms with Gasteiger partial charge >= 0.3 is 5.69 Å². The van der Waals surface area contributed by atoms with Gasteiger partial charge in [-0.2, -0.15) is 5.10 Å². The molecule has 26 heavy (non-hydrogen) atoms. The summed E-state index contributed by atoms with van der Waals surface area (Å²) in [4.78, 5) is 32.5. The monoisotopic (exact) mass is 358 g/mol. The quantitative estimate of drug-likeness (QED) is 0.689. The summed E-state index contributed by atoms with van der Waals surface area (Å²) in [7, 11) is 1.48. The third kappa shape index (κ3) is 4.37. The fraction of sp³-hybridized carbons (Fsp3) is 0.556. The molecule has 0 aliphatic carbocycles. The zero-order chi connectivity index (χ0) is 18.5. The minimum atomic E-state index is -0.368. The molecule has 140 valence electrons. The van der Waals surface area contributed by atoms with Crippen LogP contribution in [0.2, 0.25) is 0 Å². The highest BCUT2D eigenvalue weighted by Gasteiger charge is 2.16. The minimum Gasteiger partial charge on any atom is -0.368 e. The summed E-state index contributed by atoms with van der Waals surface area (Å²) in [5, 5.41) is 3.92. The van der Waals surface area contributed by atoms with Crippen LogP contribution in [0, 0.1) is 6.92 Å². The Hall–Kier alpha value is -2.48. The summed E-state index contributed by atoms with van der Waals surface area (Å²) in [6.45, 7) is 7.64. The smallest absolute Gasteiger partial charge is 0.347 e. The third-order valence-electron chi connectivity index (χ3n) is 4.87. The molecule has 0 bridgehead atoms. The Morgan fingerprint density at radius 2 is 1.73 bits per heavy atom. The molecule has 0 unspecified atom stereocenters.